The number of fused-ring (bicyclic) bond motifs is 1. The molecule has 2 rings (SSSR count). The topological polar surface area (TPSA) is 35.2 Å². The van der Waals surface area contributed by atoms with Gasteiger partial charge in [-0.2, -0.15) is 0 Å². The molecule has 15 heavy (non-hydrogen) atoms. The lowest BCUT2D eigenvalue weighted by molar-refractivity contribution is -0.0495. The Morgan fingerprint density at radius 3 is 2.93 bits per heavy atom. The minimum Gasteiger partial charge on any atom is -0.369 e. The van der Waals surface area contributed by atoms with E-state index in [1.54, 1.807) is 0 Å². The van der Waals surface area contributed by atoms with Crippen LogP contribution in [0.15, 0.2) is 24.3 Å². The maximum atomic E-state index is 5.92. The molecule has 1 aliphatic rings. The van der Waals surface area contributed by atoms with E-state index < -0.39 is 0 Å². The molecule has 0 radical (unpaired) electrons. The van der Waals surface area contributed by atoms with E-state index in [2.05, 4.69) is 24.3 Å². The summed E-state index contributed by atoms with van der Waals surface area (Å²) in [7, 11) is 0. The number of rotatable bonds is 3. The molecule has 1 unspecified atom stereocenters. The van der Waals surface area contributed by atoms with Gasteiger partial charge in [-0.05, 0) is 37.3 Å². The van der Waals surface area contributed by atoms with Crippen LogP contribution in [0.25, 0.3) is 0 Å². The molecule has 2 nitrogen and oxygen atoms in total. The van der Waals surface area contributed by atoms with E-state index >= 15 is 0 Å². The highest BCUT2D eigenvalue weighted by molar-refractivity contribution is 5.35. The van der Waals surface area contributed by atoms with E-state index in [0.717, 1.165) is 19.4 Å². The largest absolute Gasteiger partial charge is 0.369 e. The van der Waals surface area contributed by atoms with Gasteiger partial charge in [0.15, 0.2) is 0 Å². The first-order valence-electron chi connectivity index (χ1n) is 5.75. The van der Waals surface area contributed by atoms with Crippen LogP contribution in [0.2, 0.25) is 0 Å². The first-order valence-corrected chi connectivity index (χ1v) is 5.75. The van der Waals surface area contributed by atoms with Crippen LogP contribution in [0.5, 0.6) is 0 Å². The van der Waals surface area contributed by atoms with Gasteiger partial charge in [0.05, 0.1) is 0 Å². The van der Waals surface area contributed by atoms with Gasteiger partial charge < -0.3 is 10.5 Å². The lowest BCUT2D eigenvalue weighted by Crippen LogP contribution is -2.41. The maximum absolute atomic E-state index is 5.92. The summed E-state index contributed by atoms with van der Waals surface area (Å²) in [5.41, 5.74) is 8.41. The fraction of sp³-hybridized carbons (Fsp3) is 0.538. The molecular weight excluding hydrogens is 186 g/mol. The van der Waals surface area contributed by atoms with E-state index in [1.807, 2.05) is 6.92 Å². The second-order valence-electron chi connectivity index (χ2n) is 4.14. The van der Waals surface area contributed by atoms with Crippen LogP contribution in [0, 0.1) is 0 Å². The van der Waals surface area contributed by atoms with Gasteiger partial charge in [0.1, 0.15) is 5.60 Å². The molecule has 1 aliphatic carbocycles. The molecule has 0 fully saturated rings. The average molecular weight is 205 g/mol. The fourth-order valence-corrected chi connectivity index (χ4v) is 2.58. The molecule has 0 heterocycles. The minimum atomic E-state index is -0.219. The number of nitrogens with two attached hydrogens (primary N) is 1. The Bertz CT molecular complexity index is 337. The van der Waals surface area contributed by atoms with Gasteiger partial charge in [-0.25, -0.2) is 0 Å². The molecule has 1 atom stereocenters. The Labute approximate surface area is 91.4 Å². The third-order valence-electron chi connectivity index (χ3n) is 3.29. The van der Waals surface area contributed by atoms with Gasteiger partial charge in [-0.15, -0.1) is 0 Å². The van der Waals surface area contributed by atoms with Crippen molar-refractivity contribution in [1.29, 1.82) is 0 Å². The van der Waals surface area contributed by atoms with E-state index in [1.165, 1.54) is 17.5 Å². The summed E-state index contributed by atoms with van der Waals surface area (Å²) in [5, 5.41) is 0. The zero-order chi connectivity index (χ0) is 10.7. The molecule has 0 saturated heterocycles. The molecule has 1 aromatic carbocycles. The second kappa shape index (κ2) is 4.33. The zero-order valence-electron chi connectivity index (χ0n) is 9.33. The second-order valence-corrected chi connectivity index (χ2v) is 4.14. The molecule has 2 N–H and O–H groups in total. The van der Waals surface area contributed by atoms with Gasteiger partial charge in [0.25, 0.3) is 0 Å². The highest BCUT2D eigenvalue weighted by Crippen LogP contribution is 2.37. The highest BCUT2D eigenvalue weighted by Gasteiger charge is 2.35. The Morgan fingerprint density at radius 2 is 2.20 bits per heavy atom. The van der Waals surface area contributed by atoms with Gasteiger partial charge in [0.2, 0.25) is 0 Å². The van der Waals surface area contributed by atoms with Crippen molar-refractivity contribution in [3.8, 4) is 0 Å². The van der Waals surface area contributed by atoms with Crippen molar-refractivity contribution in [1.82, 2.24) is 0 Å². The van der Waals surface area contributed by atoms with E-state index in [9.17, 15) is 0 Å². The van der Waals surface area contributed by atoms with Crippen molar-refractivity contribution in [2.75, 3.05) is 13.2 Å². The maximum Gasteiger partial charge on any atom is 0.105 e. The quantitative estimate of drug-likeness (QED) is 0.821. The molecule has 0 amide bonds. The normalized spacial score (nSPS) is 24.9. The molecule has 2 heteroatoms. The summed E-state index contributed by atoms with van der Waals surface area (Å²) < 4.78 is 5.92. The smallest absolute Gasteiger partial charge is 0.105 e. The molecule has 0 bridgehead atoms. The number of hydrogen-bond acceptors (Lipinski definition) is 2. The number of hydrogen-bond donors (Lipinski definition) is 1. The monoisotopic (exact) mass is 205 g/mol. The Kier molecular flexibility index (Phi) is 3.08. The molecule has 0 aromatic heterocycles. The van der Waals surface area contributed by atoms with Crippen LogP contribution in [-0.2, 0) is 16.8 Å². The summed E-state index contributed by atoms with van der Waals surface area (Å²) in [5.74, 6) is 0. The fourth-order valence-electron chi connectivity index (χ4n) is 2.58. The molecule has 0 aliphatic heterocycles. The van der Waals surface area contributed by atoms with Crippen molar-refractivity contribution in [2.45, 2.75) is 31.8 Å². The first-order chi connectivity index (χ1) is 7.32. The minimum absolute atomic E-state index is 0.219. The van der Waals surface area contributed by atoms with Crippen LogP contribution in [0.3, 0.4) is 0 Å². The summed E-state index contributed by atoms with van der Waals surface area (Å²) in [6.07, 6.45) is 3.38. The van der Waals surface area contributed by atoms with E-state index in [0.29, 0.717) is 6.54 Å². The predicted octanol–water partition coefficient (Wildman–Crippen LogP) is 2.21. The average Bonchev–Trinajstić information content (AvgIpc) is 2.30. The molecule has 82 valence electrons. The van der Waals surface area contributed by atoms with E-state index in [-0.39, 0.29) is 5.60 Å². The van der Waals surface area contributed by atoms with Crippen molar-refractivity contribution in [2.24, 2.45) is 5.73 Å². The van der Waals surface area contributed by atoms with Gasteiger partial charge >= 0.3 is 0 Å². The highest BCUT2D eigenvalue weighted by atomic mass is 16.5. The Hall–Kier alpha value is -0.860. The number of benzene rings is 1. The summed E-state index contributed by atoms with van der Waals surface area (Å²) >= 11 is 0. The van der Waals surface area contributed by atoms with Gasteiger partial charge in [-0.3, -0.25) is 0 Å². The van der Waals surface area contributed by atoms with Crippen molar-refractivity contribution >= 4 is 0 Å². The van der Waals surface area contributed by atoms with Crippen molar-refractivity contribution in [3.63, 3.8) is 0 Å². The third kappa shape index (κ3) is 1.80. The van der Waals surface area contributed by atoms with Crippen molar-refractivity contribution < 1.29 is 4.74 Å². The first kappa shape index (κ1) is 10.7. The lowest BCUT2D eigenvalue weighted by Gasteiger charge is -2.38. The van der Waals surface area contributed by atoms with Crippen LogP contribution < -0.4 is 5.73 Å². The SMILES string of the molecule is CCOC1(CN)CCCc2ccccc21. The van der Waals surface area contributed by atoms with Crippen LogP contribution in [-0.4, -0.2) is 13.2 Å². The summed E-state index contributed by atoms with van der Waals surface area (Å²) in [4.78, 5) is 0. The van der Waals surface area contributed by atoms with Crippen LogP contribution >= 0.6 is 0 Å². The predicted molar refractivity (Wildman–Crippen MR) is 61.7 cm³/mol. The molecule has 0 saturated carbocycles. The van der Waals surface area contributed by atoms with E-state index in [4.69, 9.17) is 10.5 Å². The van der Waals surface area contributed by atoms with Gasteiger partial charge in [0, 0.05) is 13.2 Å². The summed E-state index contributed by atoms with van der Waals surface area (Å²) in [6, 6.07) is 8.53. The van der Waals surface area contributed by atoms with Crippen molar-refractivity contribution in [3.05, 3.63) is 35.4 Å². The van der Waals surface area contributed by atoms with Crippen LogP contribution in [0.4, 0.5) is 0 Å². The van der Waals surface area contributed by atoms with Gasteiger partial charge in [-0.1, -0.05) is 24.3 Å². The molecular formula is C13H19NO. The number of aryl methyl sites for hydroxylation is 1. The molecule has 1 aromatic rings. The zero-order valence-corrected chi connectivity index (χ0v) is 9.33. The standard InChI is InChI=1S/C13H19NO/c1-2-15-13(10-14)9-5-7-11-6-3-4-8-12(11)13/h3-4,6,8H,2,5,7,9-10,14H2,1H3. The molecule has 0 spiro atoms. The Morgan fingerprint density at radius 1 is 1.40 bits per heavy atom. The third-order valence-corrected chi connectivity index (χ3v) is 3.29. The van der Waals surface area contributed by atoms with Crippen LogP contribution in [0.1, 0.15) is 30.9 Å². The Balaban J connectivity index is 2.42. The number of ether oxygens (including phenoxy) is 1. The summed E-state index contributed by atoms with van der Waals surface area (Å²) in [6.45, 7) is 3.35. The lowest BCUT2D eigenvalue weighted by atomic mass is 9.79.